The summed E-state index contributed by atoms with van der Waals surface area (Å²) in [4.78, 5) is 30.6. The van der Waals surface area contributed by atoms with Crippen molar-refractivity contribution in [2.75, 3.05) is 51.5 Å². The Hall–Kier alpha value is -4.84. The van der Waals surface area contributed by atoms with Crippen LogP contribution >= 0.6 is 11.6 Å². The quantitative estimate of drug-likeness (QED) is 0.0736. The van der Waals surface area contributed by atoms with Crippen LogP contribution in [-0.2, 0) is 43.7 Å². The van der Waals surface area contributed by atoms with Crippen molar-refractivity contribution in [2.24, 2.45) is 11.8 Å². The number of pyridine rings is 1. The number of benzene rings is 3. The molecule has 8 rings (SSSR count). The number of amides is 1. The summed E-state index contributed by atoms with van der Waals surface area (Å²) >= 11 is 6.33. The number of fused-ring (bicyclic) bond motifs is 3. The lowest BCUT2D eigenvalue weighted by Crippen LogP contribution is -2.53. The molecule has 3 aliphatic carbocycles. The fraction of sp³-hybridized carbons (Fsp3) is 0.528. The van der Waals surface area contributed by atoms with E-state index in [-0.39, 0.29) is 23.3 Å². The molecule has 11 nitrogen and oxygen atoms in total. The number of nitrogens with zero attached hydrogens (tertiary/aromatic N) is 1. The number of aryl methyl sites for hydroxylation is 1. The molecule has 4 atom stereocenters. The second kappa shape index (κ2) is 21.6. The largest absolute Gasteiger partial charge is 0.494 e. The minimum absolute atomic E-state index is 0.00150. The smallest absolute Gasteiger partial charge is 0.329 e. The first-order valence-corrected chi connectivity index (χ1v) is 24.3. The molecular weight excluding hydrogens is 842 g/mol. The van der Waals surface area contributed by atoms with Crippen molar-refractivity contribution < 1.29 is 38.4 Å². The number of hydrogen-bond acceptors (Lipinski definition) is 9. The number of rotatable bonds is 20. The molecule has 12 heteroatoms. The van der Waals surface area contributed by atoms with Crippen LogP contribution in [0.15, 0.2) is 79.0 Å². The van der Waals surface area contributed by atoms with Gasteiger partial charge in [0.2, 0.25) is 5.91 Å². The number of halogens is 1. The van der Waals surface area contributed by atoms with Gasteiger partial charge in [-0.15, -0.1) is 0 Å². The Kier molecular flexibility index (Phi) is 15.5. The normalized spacial score (nSPS) is 24.1. The summed E-state index contributed by atoms with van der Waals surface area (Å²) in [6.07, 6.45) is 12.0. The maximum absolute atomic E-state index is 13.1. The highest BCUT2D eigenvalue weighted by molar-refractivity contribution is 6.30. The van der Waals surface area contributed by atoms with Crippen molar-refractivity contribution in [1.29, 1.82) is 0 Å². The van der Waals surface area contributed by atoms with Gasteiger partial charge in [0.25, 0.3) is 0 Å². The van der Waals surface area contributed by atoms with E-state index in [2.05, 4.69) is 47.7 Å². The molecule has 2 heterocycles. The fourth-order valence-corrected chi connectivity index (χ4v) is 11.0. The van der Waals surface area contributed by atoms with Crippen LogP contribution in [0.5, 0.6) is 17.2 Å². The highest BCUT2D eigenvalue weighted by Gasteiger charge is 2.54. The third-order valence-electron chi connectivity index (χ3n) is 14.3. The van der Waals surface area contributed by atoms with E-state index < -0.39 is 11.5 Å². The Morgan fingerprint density at radius 2 is 1.80 bits per heavy atom. The number of carboxylic acid groups (broad SMARTS) is 1. The lowest BCUT2D eigenvalue weighted by atomic mass is 9.59. The van der Waals surface area contributed by atoms with E-state index >= 15 is 0 Å². The van der Waals surface area contributed by atoms with Gasteiger partial charge in [-0.3, -0.25) is 9.78 Å². The predicted octanol–water partition coefficient (Wildman–Crippen LogP) is 9.90. The minimum Gasteiger partial charge on any atom is -0.494 e. The molecule has 1 saturated heterocycles. The Balaban J connectivity index is 0.870. The van der Waals surface area contributed by atoms with E-state index in [1.165, 1.54) is 22.4 Å². The first-order valence-electron chi connectivity index (χ1n) is 23.9. The van der Waals surface area contributed by atoms with Gasteiger partial charge in [0.1, 0.15) is 22.8 Å². The first-order chi connectivity index (χ1) is 31.6. The van der Waals surface area contributed by atoms with Crippen LogP contribution in [0.2, 0.25) is 5.02 Å². The van der Waals surface area contributed by atoms with Crippen molar-refractivity contribution in [3.63, 3.8) is 0 Å². The molecule has 65 heavy (non-hydrogen) atoms. The topological polar surface area (TPSA) is 137 Å². The summed E-state index contributed by atoms with van der Waals surface area (Å²) in [7, 11) is 0. The zero-order chi connectivity index (χ0) is 45.2. The number of hydrogen-bond donors (Lipinski definition) is 3. The Morgan fingerprint density at radius 1 is 0.969 bits per heavy atom. The number of ether oxygens (including phenoxy) is 5. The van der Waals surface area contributed by atoms with Gasteiger partial charge in [0, 0.05) is 47.6 Å². The number of carboxylic acids is 1. The minimum atomic E-state index is -1.11. The number of anilines is 1. The highest BCUT2D eigenvalue weighted by atomic mass is 35.5. The van der Waals surface area contributed by atoms with Gasteiger partial charge in [-0.25, -0.2) is 4.79 Å². The van der Waals surface area contributed by atoms with E-state index in [0.717, 1.165) is 74.2 Å². The monoisotopic (exact) mass is 907 g/mol. The van der Waals surface area contributed by atoms with E-state index in [9.17, 15) is 14.7 Å². The Morgan fingerprint density at radius 3 is 2.62 bits per heavy atom. The third-order valence-corrected chi connectivity index (χ3v) is 14.5. The summed E-state index contributed by atoms with van der Waals surface area (Å²) in [5.41, 5.74) is 5.50. The molecule has 1 spiro atoms. The van der Waals surface area contributed by atoms with Gasteiger partial charge in [0.05, 0.1) is 45.7 Å². The van der Waals surface area contributed by atoms with E-state index in [4.69, 9.17) is 35.3 Å². The lowest BCUT2D eigenvalue weighted by Gasteiger charge is -2.47. The molecule has 1 amide bonds. The van der Waals surface area contributed by atoms with Gasteiger partial charge in [-0.2, -0.15) is 0 Å². The molecule has 2 fully saturated rings. The second-order valence-electron chi connectivity index (χ2n) is 18.9. The third kappa shape index (κ3) is 11.6. The molecule has 348 valence electrons. The number of aromatic nitrogens is 1. The van der Waals surface area contributed by atoms with Crippen molar-refractivity contribution >= 4 is 29.2 Å². The number of nitrogens with one attached hydrogen (secondary N) is 2. The number of carbonyl (C=O) groups excluding carboxylic acids is 1. The van der Waals surface area contributed by atoms with Gasteiger partial charge in [0.15, 0.2) is 0 Å². The molecule has 1 aliphatic heterocycles. The van der Waals surface area contributed by atoms with Crippen molar-refractivity contribution in [1.82, 2.24) is 10.3 Å². The molecule has 0 radical (unpaired) electrons. The molecule has 3 aromatic carbocycles. The van der Waals surface area contributed by atoms with Crippen LogP contribution in [0.25, 0.3) is 0 Å². The first kappa shape index (κ1) is 46.7. The second-order valence-corrected chi connectivity index (χ2v) is 19.4. The van der Waals surface area contributed by atoms with Gasteiger partial charge in [-0.1, -0.05) is 49.7 Å². The van der Waals surface area contributed by atoms with Gasteiger partial charge < -0.3 is 39.4 Å². The zero-order valence-corrected chi connectivity index (χ0v) is 38.8. The summed E-state index contributed by atoms with van der Waals surface area (Å²) in [6.45, 7) is 8.58. The summed E-state index contributed by atoms with van der Waals surface area (Å²) < 4.78 is 30.1. The standard InChI is InChI=1S/C53H66ClN3O8/c1-36(34-65-48-17-24-55-47-12-3-7-37(2)50(47)48)29-40-31-39-14-15-44(33-46(39)52(40)19-21-53(22-20-52,51(59)60)57-42-10-5-9-41(54)32-42)62-25-6-13-49(58)56-23-16-38-8-4-11-43(30-38)63-26-18-45-35-61-27-28-64-45/h4-5,8-11,14-15,17,24,30,32-33,36-37,40,45,57H,3,6-7,12-13,16,18-23,25-29,31,34-35H2,1-2H3,(H,56,58)(H,59,60)/t36-,37-,40?,45+,52?,53?/m1/s1. The average molecular weight is 909 g/mol. The van der Waals surface area contributed by atoms with E-state index in [1.54, 1.807) is 12.1 Å². The maximum atomic E-state index is 13.1. The van der Waals surface area contributed by atoms with E-state index in [0.29, 0.717) is 101 Å². The maximum Gasteiger partial charge on any atom is 0.329 e. The zero-order valence-electron chi connectivity index (χ0n) is 38.1. The molecule has 1 unspecified atom stereocenters. The number of carbonyl (C=O) groups is 2. The molecule has 4 aliphatic rings. The van der Waals surface area contributed by atoms with Crippen LogP contribution < -0.4 is 24.8 Å². The van der Waals surface area contributed by atoms with Crippen molar-refractivity contribution in [3.8, 4) is 17.2 Å². The molecule has 0 bridgehead atoms. The molecule has 1 aromatic heterocycles. The van der Waals surface area contributed by atoms with Gasteiger partial charge in [-0.05, 0) is 159 Å². The summed E-state index contributed by atoms with van der Waals surface area (Å²) in [5.74, 6) is 2.74. The lowest BCUT2D eigenvalue weighted by molar-refractivity contribution is -0.144. The summed E-state index contributed by atoms with van der Waals surface area (Å²) in [6, 6.07) is 23.8. The van der Waals surface area contributed by atoms with Crippen molar-refractivity contribution in [3.05, 3.63) is 112 Å². The van der Waals surface area contributed by atoms with Crippen LogP contribution in [0.4, 0.5) is 5.69 Å². The SMILES string of the molecule is C[C@@H](COc1ccnc2c1[C@H](C)CCC2)CC1Cc2ccc(OCCCC(=O)NCCc3cccc(OCC[C@H]4COCCO4)c3)cc2C12CCC(Nc1cccc(Cl)c1)(C(=O)O)CC2. The average Bonchev–Trinajstić information content (AvgIpc) is 3.59. The summed E-state index contributed by atoms with van der Waals surface area (Å²) in [5, 5.41) is 17.8. The Bertz CT molecular complexity index is 2240. The van der Waals surface area contributed by atoms with Crippen LogP contribution in [0.1, 0.15) is 112 Å². The number of aliphatic carboxylic acids is 1. The predicted molar refractivity (Wildman–Crippen MR) is 253 cm³/mol. The van der Waals surface area contributed by atoms with Crippen molar-refractivity contribution in [2.45, 2.75) is 120 Å². The highest BCUT2D eigenvalue weighted by Crippen LogP contribution is 2.57. The van der Waals surface area contributed by atoms with Crippen LogP contribution in [-0.4, -0.2) is 79.8 Å². The molecule has 3 N–H and O–H groups in total. The molecule has 1 saturated carbocycles. The van der Waals surface area contributed by atoms with Gasteiger partial charge >= 0.3 is 5.97 Å². The van der Waals surface area contributed by atoms with Crippen LogP contribution in [0.3, 0.4) is 0 Å². The fourth-order valence-electron chi connectivity index (χ4n) is 10.8. The van der Waals surface area contributed by atoms with E-state index in [1.807, 2.05) is 48.7 Å². The van der Waals surface area contributed by atoms with Crippen LogP contribution in [0, 0.1) is 11.8 Å². The molecule has 4 aromatic rings. The molecular formula is C53H66ClN3O8. The Labute approximate surface area is 389 Å².